The van der Waals surface area contributed by atoms with Crippen molar-refractivity contribution in [2.45, 2.75) is 32.2 Å². The van der Waals surface area contributed by atoms with Gasteiger partial charge in [-0.3, -0.25) is 4.79 Å². The van der Waals surface area contributed by atoms with Crippen molar-refractivity contribution in [1.29, 1.82) is 0 Å². The Bertz CT molecular complexity index is 1840. The molecule has 1 amide bonds. The van der Waals surface area contributed by atoms with Gasteiger partial charge in [0.1, 0.15) is 23.0 Å². The second-order valence-electron chi connectivity index (χ2n) is 10.2. The number of para-hydroxylation sites is 1. The van der Waals surface area contributed by atoms with E-state index in [2.05, 4.69) is 25.0 Å². The summed E-state index contributed by atoms with van der Waals surface area (Å²) in [4.78, 5) is 39.6. The Kier molecular flexibility index (Phi) is 7.08. The number of aliphatic carboxylic acids is 1. The van der Waals surface area contributed by atoms with Gasteiger partial charge in [0, 0.05) is 35.8 Å². The molecule has 0 bridgehead atoms. The molecular weight excluding hydrogens is 567 g/mol. The van der Waals surface area contributed by atoms with Gasteiger partial charge >= 0.3 is 12.3 Å². The van der Waals surface area contributed by atoms with Gasteiger partial charge in [-0.2, -0.15) is 0 Å². The van der Waals surface area contributed by atoms with Crippen LogP contribution in [0.5, 0.6) is 5.88 Å². The molecule has 43 heavy (non-hydrogen) atoms. The van der Waals surface area contributed by atoms with Gasteiger partial charge in [-0.05, 0) is 61.2 Å². The molecule has 2 aromatic carbocycles. The molecule has 5 aromatic rings. The number of amides is 1. The Labute approximate surface area is 242 Å². The van der Waals surface area contributed by atoms with Crippen LogP contribution in [0.25, 0.3) is 33.2 Å². The van der Waals surface area contributed by atoms with Gasteiger partial charge < -0.3 is 24.5 Å². The predicted molar refractivity (Wildman–Crippen MR) is 151 cm³/mol. The number of hydrogen-bond acceptors (Lipinski definition) is 8. The van der Waals surface area contributed by atoms with E-state index in [1.807, 2.05) is 18.2 Å². The average molecular weight is 592 g/mol. The fraction of sp³-hybridized carbons (Fsp3) is 0.233. The lowest BCUT2D eigenvalue weighted by Crippen LogP contribution is -2.36. The maximum atomic E-state index is 13.0. The van der Waals surface area contributed by atoms with Crippen molar-refractivity contribution in [3.8, 4) is 17.0 Å². The summed E-state index contributed by atoms with van der Waals surface area (Å²) in [5.74, 6) is -1.42. The zero-order chi connectivity index (χ0) is 30.3. The van der Waals surface area contributed by atoms with Crippen molar-refractivity contribution >= 4 is 45.5 Å². The number of alkyl halides is 3. The monoisotopic (exact) mass is 591 g/mol. The highest BCUT2D eigenvalue weighted by Crippen LogP contribution is 2.38. The summed E-state index contributed by atoms with van der Waals surface area (Å²) in [6, 6.07) is 15.6. The van der Waals surface area contributed by atoms with E-state index in [-0.39, 0.29) is 36.8 Å². The Morgan fingerprint density at radius 1 is 1.09 bits per heavy atom. The van der Waals surface area contributed by atoms with Crippen molar-refractivity contribution in [1.82, 2.24) is 15.0 Å². The van der Waals surface area contributed by atoms with Crippen LogP contribution in [-0.2, 0) is 9.59 Å². The Hall–Kier alpha value is -5.20. The Balaban J connectivity index is 1.17. The Morgan fingerprint density at radius 2 is 1.86 bits per heavy atom. The molecule has 3 aromatic heterocycles. The number of nitrogens with zero attached hydrogens (tertiary/aromatic N) is 4. The molecule has 2 atom stereocenters. The number of carbonyl (C=O) groups excluding carboxylic acids is 1. The normalized spacial score (nSPS) is 17.0. The molecule has 2 N–H and O–H groups in total. The molecule has 1 aliphatic rings. The van der Waals surface area contributed by atoms with Crippen molar-refractivity contribution < 1.29 is 37.0 Å². The fourth-order valence-corrected chi connectivity index (χ4v) is 5.43. The number of nitrogens with one attached hydrogen (secondary N) is 1. The van der Waals surface area contributed by atoms with Crippen LogP contribution in [0, 0.1) is 12.8 Å². The van der Waals surface area contributed by atoms with Crippen molar-refractivity contribution in [3.05, 3.63) is 72.7 Å². The molecule has 0 saturated carbocycles. The van der Waals surface area contributed by atoms with Gasteiger partial charge in [-0.1, -0.05) is 24.3 Å². The van der Waals surface area contributed by atoms with Gasteiger partial charge in [0.2, 0.25) is 11.8 Å². The minimum absolute atomic E-state index is 0.0432. The molecule has 220 valence electrons. The summed E-state index contributed by atoms with van der Waals surface area (Å²) < 4.78 is 48.4. The molecule has 10 nitrogen and oxygen atoms in total. The number of carboxylic acid groups (broad SMARTS) is 1. The van der Waals surface area contributed by atoms with Crippen molar-refractivity contribution in [2.75, 3.05) is 16.8 Å². The van der Waals surface area contributed by atoms with Crippen LogP contribution in [0.1, 0.15) is 18.7 Å². The first-order chi connectivity index (χ1) is 20.6. The van der Waals surface area contributed by atoms with Crippen LogP contribution in [0.15, 0.2) is 71.3 Å². The molecule has 0 spiro atoms. The molecule has 2 unspecified atom stereocenters. The minimum atomic E-state index is -4.89. The van der Waals surface area contributed by atoms with Crippen LogP contribution < -0.4 is 15.0 Å². The maximum absolute atomic E-state index is 13.0. The molecule has 0 radical (unpaired) electrons. The van der Waals surface area contributed by atoms with Crippen LogP contribution in [0.2, 0.25) is 0 Å². The first-order valence-electron chi connectivity index (χ1n) is 13.3. The van der Waals surface area contributed by atoms with E-state index in [0.717, 1.165) is 5.39 Å². The topological polar surface area (TPSA) is 131 Å². The smallest absolute Gasteiger partial charge is 0.480 e. The highest BCUT2D eigenvalue weighted by atomic mass is 19.4. The fourth-order valence-electron chi connectivity index (χ4n) is 5.43. The summed E-state index contributed by atoms with van der Waals surface area (Å²) in [6.07, 6.45) is -3.43. The standard InChI is InChI=1S/C30H24F3N5O5/c1-16-35-25-21-5-2-3-7-23(21)42-26(25)27(36-16)38-15-17(13-22(38)29(40)41)14-24(39)37-19-10-8-18(9-11-19)20-6-4-12-34-28(20)43-30(31,32)33/h2-12,17,22H,13-15H2,1H3,(H,37,39)(H,40,41). The molecule has 1 saturated heterocycles. The quantitative estimate of drug-likeness (QED) is 0.236. The first-order valence-corrected chi connectivity index (χ1v) is 13.3. The third-order valence-electron chi connectivity index (χ3n) is 7.20. The number of ether oxygens (including phenoxy) is 1. The van der Waals surface area contributed by atoms with Gasteiger partial charge in [0.05, 0.1) is 0 Å². The highest BCUT2D eigenvalue weighted by molar-refractivity contribution is 6.06. The van der Waals surface area contributed by atoms with Crippen molar-refractivity contribution in [3.63, 3.8) is 0 Å². The summed E-state index contributed by atoms with van der Waals surface area (Å²) in [5.41, 5.74) is 2.58. The highest BCUT2D eigenvalue weighted by Gasteiger charge is 2.40. The lowest BCUT2D eigenvalue weighted by Gasteiger charge is -2.22. The largest absolute Gasteiger partial charge is 0.574 e. The Morgan fingerprint density at radius 3 is 2.60 bits per heavy atom. The molecule has 6 rings (SSSR count). The second kappa shape index (κ2) is 10.9. The van der Waals surface area contributed by atoms with E-state index in [9.17, 15) is 27.9 Å². The van der Waals surface area contributed by atoms with E-state index in [0.29, 0.717) is 39.6 Å². The predicted octanol–water partition coefficient (Wildman–Crippen LogP) is 5.95. The SMILES string of the molecule is Cc1nc(N2CC(CC(=O)Nc3ccc(-c4cccnc4OC(F)(F)F)cc3)CC2C(=O)O)c2oc3ccccc3c2n1. The van der Waals surface area contributed by atoms with E-state index >= 15 is 0 Å². The number of pyridine rings is 1. The third kappa shape index (κ3) is 5.78. The molecule has 0 aliphatic carbocycles. The van der Waals surface area contributed by atoms with Gasteiger partial charge in [-0.25, -0.2) is 19.7 Å². The number of fused-ring (bicyclic) bond motifs is 3. The average Bonchev–Trinajstić information content (AvgIpc) is 3.54. The summed E-state index contributed by atoms with van der Waals surface area (Å²) in [5, 5.41) is 13.6. The van der Waals surface area contributed by atoms with Gasteiger partial charge in [0.15, 0.2) is 11.4 Å². The van der Waals surface area contributed by atoms with E-state index in [4.69, 9.17) is 4.42 Å². The number of carboxylic acids is 1. The molecule has 13 heteroatoms. The lowest BCUT2D eigenvalue weighted by atomic mass is 10.0. The molecule has 1 aliphatic heterocycles. The van der Waals surface area contributed by atoms with Crippen LogP contribution in [0.3, 0.4) is 0 Å². The van der Waals surface area contributed by atoms with Crippen LogP contribution in [-0.4, -0.2) is 50.9 Å². The number of rotatable bonds is 7. The van der Waals surface area contributed by atoms with E-state index < -0.39 is 24.3 Å². The van der Waals surface area contributed by atoms with Crippen LogP contribution in [0.4, 0.5) is 24.7 Å². The number of anilines is 2. The van der Waals surface area contributed by atoms with Crippen LogP contribution >= 0.6 is 0 Å². The zero-order valence-corrected chi connectivity index (χ0v) is 22.6. The second-order valence-corrected chi connectivity index (χ2v) is 10.2. The molecule has 1 fully saturated rings. The minimum Gasteiger partial charge on any atom is -0.480 e. The first kappa shape index (κ1) is 27.9. The number of aromatic nitrogens is 3. The van der Waals surface area contributed by atoms with Gasteiger partial charge in [0.25, 0.3) is 0 Å². The maximum Gasteiger partial charge on any atom is 0.574 e. The molecule has 4 heterocycles. The zero-order valence-electron chi connectivity index (χ0n) is 22.6. The van der Waals surface area contributed by atoms with E-state index in [1.54, 1.807) is 42.2 Å². The lowest BCUT2D eigenvalue weighted by molar-refractivity contribution is -0.275. The summed E-state index contributed by atoms with van der Waals surface area (Å²) in [7, 11) is 0. The number of carbonyl (C=O) groups is 2. The number of hydrogen-bond donors (Lipinski definition) is 2. The van der Waals surface area contributed by atoms with E-state index in [1.165, 1.54) is 18.3 Å². The third-order valence-corrected chi connectivity index (χ3v) is 7.20. The van der Waals surface area contributed by atoms with Crippen molar-refractivity contribution in [2.24, 2.45) is 5.92 Å². The number of halogens is 3. The number of benzene rings is 2. The molecular formula is C30H24F3N5O5. The summed E-state index contributed by atoms with van der Waals surface area (Å²) >= 11 is 0. The summed E-state index contributed by atoms with van der Waals surface area (Å²) in [6.45, 7) is 1.99. The number of aryl methyl sites for hydroxylation is 1. The number of furan rings is 1. The van der Waals surface area contributed by atoms with Gasteiger partial charge in [-0.15, -0.1) is 13.2 Å².